The molecule has 1 aliphatic carbocycles. The van der Waals surface area contributed by atoms with E-state index in [1.807, 2.05) is 0 Å². The van der Waals surface area contributed by atoms with E-state index in [9.17, 15) is 0 Å². The van der Waals surface area contributed by atoms with Gasteiger partial charge in [-0.3, -0.25) is 4.79 Å². The summed E-state index contributed by atoms with van der Waals surface area (Å²) in [6, 6.07) is 0. The summed E-state index contributed by atoms with van der Waals surface area (Å²) in [6.45, 7) is 5.70. The Hall–Kier alpha value is -1.09. The van der Waals surface area contributed by atoms with Crippen molar-refractivity contribution in [2.45, 2.75) is 52.9 Å². The average molecular weight is 254 g/mol. The number of carboxylic acid groups (broad SMARTS) is 1. The largest absolute Gasteiger partial charge is 0.481 e. The molecule has 1 rings (SSSR count). The number of hydrogen-bond donors (Lipinski definition) is 2. The van der Waals surface area contributed by atoms with Crippen molar-refractivity contribution in [3.63, 3.8) is 0 Å². The minimum absolute atomic E-state index is 0.326. The molecule has 104 valence electrons. The Bertz CT molecular complexity index is 295. The van der Waals surface area contributed by atoms with Gasteiger partial charge in [-0.15, -0.1) is 0 Å². The van der Waals surface area contributed by atoms with Gasteiger partial charge >= 0.3 is 0 Å². The van der Waals surface area contributed by atoms with Crippen LogP contribution in [-0.2, 0) is 4.79 Å². The Morgan fingerprint density at radius 1 is 1.44 bits per heavy atom. The predicted octanol–water partition coefficient (Wildman–Crippen LogP) is 3.54. The Labute approximate surface area is 110 Å². The number of aliphatic hydroxyl groups excluding tert-OH is 1. The van der Waals surface area contributed by atoms with Crippen LogP contribution in [0.3, 0.4) is 0 Å². The highest BCUT2D eigenvalue weighted by Gasteiger charge is 2.11. The first-order valence-electron chi connectivity index (χ1n) is 6.59. The third-order valence-corrected chi connectivity index (χ3v) is 2.80. The van der Waals surface area contributed by atoms with Crippen LogP contribution < -0.4 is 0 Å². The number of carboxylic acids is 1. The van der Waals surface area contributed by atoms with Gasteiger partial charge < -0.3 is 10.2 Å². The van der Waals surface area contributed by atoms with Gasteiger partial charge in [0.2, 0.25) is 0 Å². The summed E-state index contributed by atoms with van der Waals surface area (Å²) in [6.07, 6.45) is 10.6. The molecule has 3 heteroatoms. The van der Waals surface area contributed by atoms with Gasteiger partial charge in [-0.25, -0.2) is 0 Å². The molecule has 0 saturated heterocycles. The molecule has 0 aromatic carbocycles. The first-order valence-corrected chi connectivity index (χ1v) is 6.59. The number of rotatable bonds is 4. The van der Waals surface area contributed by atoms with Crippen LogP contribution in [0.25, 0.3) is 0 Å². The van der Waals surface area contributed by atoms with E-state index < -0.39 is 5.97 Å². The summed E-state index contributed by atoms with van der Waals surface area (Å²) >= 11 is 0. The monoisotopic (exact) mass is 254 g/mol. The molecule has 0 amide bonds. The summed E-state index contributed by atoms with van der Waals surface area (Å²) in [5.41, 5.74) is 2.95. The van der Waals surface area contributed by atoms with Crippen LogP contribution in [0.1, 0.15) is 52.9 Å². The number of carbonyl (C=O) groups is 1. The van der Waals surface area contributed by atoms with Gasteiger partial charge in [0.05, 0.1) is 0 Å². The average Bonchev–Trinajstić information content (AvgIpc) is 2.28. The number of hydrogen-bond acceptors (Lipinski definition) is 2. The third-order valence-electron chi connectivity index (χ3n) is 2.80. The van der Waals surface area contributed by atoms with Gasteiger partial charge in [0, 0.05) is 19.4 Å². The molecule has 0 bridgehead atoms. The second kappa shape index (κ2) is 9.89. The van der Waals surface area contributed by atoms with E-state index in [-0.39, 0.29) is 0 Å². The van der Waals surface area contributed by atoms with Crippen molar-refractivity contribution in [1.29, 1.82) is 0 Å². The summed E-state index contributed by atoms with van der Waals surface area (Å²) in [5, 5.41) is 16.5. The van der Waals surface area contributed by atoms with E-state index >= 15 is 0 Å². The standard InChI is InChI=1S/C13H22O.C2H4O2/c1-11(2)5-3-6-12-7-4-8-13(9-12)10-14;1-2(3)4/h5,9,13-14H,3-4,6-8,10H2,1-2H3;1H3,(H,3,4). The van der Waals surface area contributed by atoms with Gasteiger partial charge in [0.1, 0.15) is 0 Å². The maximum Gasteiger partial charge on any atom is 0.300 e. The summed E-state index contributed by atoms with van der Waals surface area (Å²) in [5.74, 6) is -0.398. The lowest BCUT2D eigenvalue weighted by atomic mass is 9.89. The Morgan fingerprint density at radius 3 is 2.56 bits per heavy atom. The molecule has 1 atom stereocenters. The Morgan fingerprint density at radius 2 is 2.06 bits per heavy atom. The molecule has 0 fully saturated rings. The molecular formula is C15H26O3. The zero-order valence-corrected chi connectivity index (χ0v) is 11.8. The van der Waals surface area contributed by atoms with Crippen LogP contribution in [0.15, 0.2) is 23.3 Å². The molecule has 18 heavy (non-hydrogen) atoms. The zero-order valence-electron chi connectivity index (χ0n) is 11.8. The van der Waals surface area contributed by atoms with Gasteiger partial charge in [-0.1, -0.05) is 23.3 Å². The minimum Gasteiger partial charge on any atom is -0.481 e. The van der Waals surface area contributed by atoms with Crippen LogP contribution in [-0.4, -0.2) is 22.8 Å². The van der Waals surface area contributed by atoms with Gasteiger partial charge in [0.15, 0.2) is 0 Å². The fourth-order valence-corrected chi connectivity index (χ4v) is 1.99. The highest BCUT2D eigenvalue weighted by molar-refractivity contribution is 5.62. The van der Waals surface area contributed by atoms with Gasteiger partial charge in [-0.2, -0.15) is 0 Å². The summed E-state index contributed by atoms with van der Waals surface area (Å²) < 4.78 is 0. The van der Waals surface area contributed by atoms with Crippen molar-refractivity contribution >= 4 is 5.97 Å². The molecule has 0 aromatic heterocycles. The molecule has 2 N–H and O–H groups in total. The molecule has 0 aliphatic heterocycles. The number of aliphatic hydroxyl groups is 1. The predicted molar refractivity (Wildman–Crippen MR) is 74.5 cm³/mol. The quantitative estimate of drug-likeness (QED) is 0.754. The van der Waals surface area contributed by atoms with Gasteiger partial charge in [-0.05, 0) is 46.0 Å². The van der Waals surface area contributed by atoms with Crippen molar-refractivity contribution in [1.82, 2.24) is 0 Å². The van der Waals surface area contributed by atoms with E-state index in [0.717, 1.165) is 13.3 Å². The molecule has 0 aromatic rings. The first-order chi connectivity index (χ1) is 8.45. The molecule has 1 unspecified atom stereocenters. The maximum atomic E-state index is 9.07. The second-order valence-corrected chi connectivity index (χ2v) is 5.00. The van der Waals surface area contributed by atoms with E-state index in [1.165, 1.54) is 31.3 Å². The van der Waals surface area contributed by atoms with E-state index in [2.05, 4.69) is 26.0 Å². The van der Waals surface area contributed by atoms with Crippen molar-refractivity contribution < 1.29 is 15.0 Å². The van der Waals surface area contributed by atoms with Crippen molar-refractivity contribution in [3.05, 3.63) is 23.3 Å². The Kier molecular flexibility index (Phi) is 9.29. The molecule has 3 nitrogen and oxygen atoms in total. The highest BCUT2D eigenvalue weighted by Crippen LogP contribution is 2.25. The Balaban J connectivity index is 0.000000631. The lowest BCUT2D eigenvalue weighted by Gasteiger charge is -2.18. The van der Waals surface area contributed by atoms with Crippen molar-refractivity contribution in [3.8, 4) is 0 Å². The lowest BCUT2D eigenvalue weighted by molar-refractivity contribution is -0.134. The topological polar surface area (TPSA) is 57.5 Å². The SMILES string of the molecule is CC(=O)O.CC(C)=CCCC1=CC(CO)CCC1. The van der Waals surface area contributed by atoms with Crippen molar-refractivity contribution in [2.75, 3.05) is 6.61 Å². The van der Waals surface area contributed by atoms with Crippen LogP contribution in [0.5, 0.6) is 0 Å². The zero-order chi connectivity index (χ0) is 14.0. The van der Waals surface area contributed by atoms with Crippen LogP contribution in [0.2, 0.25) is 0 Å². The molecule has 0 saturated carbocycles. The van der Waals surface area contributed by atoms with Crippen LogP contribution >= 0.6 is 0 Å². The smallest absolute Gasteiger partial charge is 0.300 e. The molecule has 0 radical (unpaired) electrons. The van der Waals surface area contributed by atoms with E-state index in [1.54, 1.807) is 5.57 Å². The summed E-state index contributed by atoms with van der Waals surface area (Å²) in [4.78, 5) is 9.00. The normalized spacial score (nSPS) is 18.2. The highest BCUT2D eigenvalue weighted by atomic mass is 16.4. The lowest BCUT2D eigenvalue weighted by Crippen LogP contribution is -2.08. The van der Waals surface area contributed by atoms with E-state index in [4.69, 9.17) is 15.0 Å². The fourth-order valence-electron chi connectivity index (χ4n) is 1.99. The minimum atomic E-state index is -0.833. The summed E-state index contributed by atoms with van der Waals surface area (Å²) in [7, 11) is 0. The first kappa shape index (κ1) is 16.9. The number of allylic oxidation sites excluding steroid dienone is 3. The van der Waals surface area contributed by atoms with E-state index in [0.29, 0.717) is 12.5 Å². The number of aliphatic carboxylic acids is 1. The third kappa shape index (κ3) is 10.1. The fraction of sp³-hybridized carbons (Fsp3) is 0.667. The van der Waals surface area contributed by atoms with Gasteiger partial charge in [0.25, 0.3) is 5.97 Å². The van der Waals surface area contributed by atoms with Crippen LogP contribution in [0, 0.1) is 5.92 Å². The molecule has 0 spiro atoms. The van der Waals surface area contributed by atoms with Crippen molar-refractivity contribution in [2.24, 2.45) is 5.92 Å². The molecular weight excluding hydrogens is 228 g/mol. The molecule has 0 heterocycles. The maximum absolute atomic E-state index is 9.07. The molecule has 1 aliphatic rings. The van der Waals surface area contributed by atoms with Crippen LogP contribution in [0.4, 0.5) is 0 Å². The second-order valence-electron chi connectivity index (χ2n) is 5.00.